The van der Waals surface area contributed by atoms with Crippen LogP contribution >= 0.6 is 11.3 Å². The van der Waals surface area contributed by atoms with Gasteiger partial charge in [0.2, 0.25) is 0 Å². The lowest BCUT2D eigenvalue weighted by atomic mass is 9.71. The van der Waals surface area contributed by atoms with E-state index in [1.165, 1.54) is 22.5 Å². The molecule has 2 nitrogen and oxygen atoms in total. The average Bonchev–Trinajstić information content (AvgIpc) is 2.79. The van der Waals surface area contributed by atoms with Gasteiger partial charge in [-0.15, -0.1) is 11.3 Å². The number of fused-ring (bicyclic) bond motifs is 1. The van der Waals surface area contributed by atoms with Gasteiger partial charge < -0.3 is 5.73 Å². The van der Waals surface area contributed by atoms with Crippen molar-refractivity contribution in [3.63, 3.8) is 0 Å². The van der Waals surface area contributed by atoms with E-state index in [2.05, 4.69) is 38.1 Å². The van der Waals surface area contributed by atoms with Crippen molar-refractivity contribution in [3.05, 3.63) is 29.3 Å². The van der Waals surface area contributed by atoms with Crippen LogP contribution in [-0.4, -0.2) is 10.5 Å². The van der Waals surface area contributed by atoms with Crippen LogP contribution in [0.5, 0.6) is 0 Å². The topological polar surface area (TPSA) is 38.9 Å². The fourth-order valence-electron chi connectivity index (χ4n) is 3.47. The van der Waals surface area contributed by atoms with Gasteiger partial charge in [-0.05, 0) is 36.8 Å². The van der Waals surface area contributed by atoms with Crippen molar-refractivity contribution in [2.24, 2.45) is 17.6 Å². The summed E-state index contributed by atoms with van der Waals surface area (Å²) in [5.41, 5.74) is 7.79. The summed E-state index contributed by atoms with van der Waals surface area (Å²) in [5.74, 6) is 1.52. The van der Waals surface area contributed by atoms with Crippen LogP contribution < -0.4 is 5.73 Å². The fraction of sp³-hybridized carbons (Fsp3) is 0.588. The van der Waals surface area contributed by atoms with E-state index in [9.17, 15) is 0 Å². The van der Waals surface area contributed by atoms with Gasteiger partial charge in [-0.2, -0.15) is 0 Å². The zero-order chi connectivity index (χ0) is 14.2. The van der Waals surface area contributed by atoms with Gasteiger partial charge in [0.05, 0.1) is 15.2 Å². The Morgan fingerprint density at radius 3 is 2.95 bits per heavy atom. The zero-order valence-corrected chi connectivity index (χ0v) is 13.2. The second kappa shape index (κ2) is 5.45. The summed E-state index contributed by atoms with van der Waals surface area (Å²) < 4.78 is 1.28. The minimum Gasteiger partial charge on any atom is -0.325 e. The smallest absolute Gasteiger partial charge is 0.0956 e. The molecule has 1 fully saturated rings. The van der Waals surface area contributed by atoms with E-state index < -0.39 is 0 Å². The molecular weight excluding hydrogens is 264 g/mol. The second-order valence-corrected chi connectivity index (χ2v) is 7.83. The van der Waals surface area contributed by atoms with Crippen molar-refractivity contribution >= 4 is 21.6 Å². The highest BCUT2D eigenvalue weighted by Crippen LogP contribution is 2.37. The Labute approximate surface area is 125 Å². The molecule has 2 atom stereocenters. The number of nitrogens with zero attached hydrogens (tertiary/aromatic N) is 1. The van der Waals surface area contributed by atoms with Crippen LogP contribution in [0.25, 0.3) is 10.2 Å². The molecule has 20 heavy (non-hydrogen) atoms. The predicted octanol–water partition coefficient (Wildman–Crippen LogP) is 4.38. The molecule has 0 bridgehead atoms. The quantitative estimate of drug-likeness (QED) is 0.910. The molecule has 2 aromatic rings. The molecule has 1 aromatic carbocycles. The molecule has 3 rings (SSSR count). The van der Waals surface area contributed by atoms with Crippen LogP contribution in [0.2, 0.25) is 0 Å². The highest BCUT2D eigenvalue weighted by atomic mass is 32.1. The third kappa shape index (κ3) is 2.89. The van der Waals surface area contributed by atoms with Crippen LogP contribution in [-0.2, 0) is 6.42 Å². The Hall–Kier alpha value is -0.930. The van der Waals surface area contributed by atoms with E-state index >= 15 is 0 Å². The lowest BCUT2D eigenvalue weighted by molar-refractivity contribution is 0.182. The molecule has 1 saturated carbocycles. The summed E-state index contributed by atoms with van der Waals surface area (Å²) in [5, 5.41) is 1.21. The normalized spacial score (nSPS) is 27.3. The van der Waals surface area contributed by atoms with Crippen molar-refractivity contribution in [1.82, 2.24) is 4.98 Å². The predicted molar refractivity (Wildman–Crippen MR) is 87.0 cm³/mol. The van der Waals surface area contributed by atoms with E-state index in [1.807, 2.05) is 11.3 Å². The van der Waals surface area contributed by atoms with Crippen LogP contribution in [0, 0.1) is 11.8 Å². The zero-order valence-electron chi connectivity index (χ0n) is 12.4. The molecule has 3 heteroatoms. The first-order valence-corrected chi connectivity index (χ1v) is 8.51. The number of para-hydroxylation sites is 1. The summed E-state index contributed by atoms with van der Waals surface area (Å²) >= 11 is 1.81. The minimum atomic E-state index is -0.0406. The van der Waals surface area contributed by atoms with E-state index in [0.717, 1.165) is 36.6 Å². The van der Waals surface area contributed by atoms with E-state index in [1.54, 1.807) is 0 Å². The summed E-state index contributed by atoms with van der Waals surface area (Å²) in [4.78, 5) is 4.76. The highest BCUT2D eigenvalue weighted by molar-refractivity contribution is 7.18. The molecule has 108 valence electrons. The van der Waals surface area contributed by atoms with Crippen LogP contribution in [0.1, 0.15) is 44.5 Å². The number of benzene rings is 1. The monoisotopic (exact) mass is 288 g/mol. The summed E-state index contributed by atoms with van der Waals surface area (Å²) in [6.45, 7) is 4.65. The van der Waals surface area contributed by atoms with Crippen molar-refractivity contribution in [2.75, 3.05) is 0 Å². The SMILES string of the molecule is CC(C)C1CCCC(N)(Cc2nc3ccccc3s2)C1. The standard InChI is InChI=1S/C17H24N2S/c1-12(2)13-6-5-9-17(18,10-13)11-16-19-14-7-3-4-8-15(14)20-16/h3-4,7-8,12-13H,5-6,9-11,18H2,1-2H3. The van der Waals surface area contributed by atoms with Crippen molar-refractivity contribution in [2.45, 2.75) is 51.5 Å². The first-order chi connectivity index (χ1) is 9.56. The molecule has 0 radical (unpaired) electrons. The molecule has 2 unspecified atom stereocenters. The maximum absolute atomic E-state index is 6.71. The summed E-state index contributed by atoms with van der Waals surface area (Å²) in [6, 6.07) is 8.38. The maximum Gasteiger partial charge on any atom is 0.0956 e. The second-order valence-electron chi connectivity index (χ2n) is 6.71. The first-order valence-electron chi connectivity index (χ1n) is 7.69. The van der Waals surface area contributed by atoms with E-state index in [0.29, 0.717) is 0 Å². The molecule has 2 N–H and O–H groups in total. The van der Waals surface area contributed by atoms with Gasteiger partial charge in [-0.3, -0.25) is 0 Å². The Bertz CT molecular complexity index is 556. The fourth-order valence-corrected chi connectivity index (χ4v) is 4.59. The van der Waals surface area contributed by atoms with E-state index in [4.69, 9.17) is 10.7 Å². The van der Waals surface area contributed by atoms with Crippen LogP contribution in [0.3, 0.4) is 0 Å². The lowest BCUT2D eigenvalue weighted by Gasteiger charge is -2.39. The Morgan fingerprint density at radius 2 is 2.20 bits per heavy atom. The van der Waals surface area contributed by atoms with Crippen molar-refractivity contribution < 1.29 is 0 Å². The van der Waals surface area contributed by atoms with Crippen LogP contribution in [0.4, 0.5) is 0 Å². The van der Waals surface area contributed by atoms with Crippen LogP contribution in [0.15, 0.2) is 24.3 Å². The Morgan fingerprint density at radius 1 is 1.40 bits per heavy atom. The number of thiazole rings is 1. The van der Waals surface area contributed by atoms with Gasteiger partial charge in [0.15, 0.2) is 0 Å². The molecule has 0 amide bonds. The van der Waals surface area contributed by atoms with Gasteiger partial charge in [0.25, 0.3) is 0 Å². The molecule has 1 aliphatic carbocycles. The largest absolute Gasteiger partial charge is 0.325 e. The number of hydrogen-bond acceptors (Lipinski definition) is 3. The average molecular weight is 288 g/mol. The molecule has 0 aliphatic heterocycles. The summed E-state index contributed by atoms with van der Waals surface area (Å²) in [7, 11) is 0. The molecule has 0 spiro atoms. The van der Waals surface area contributed by atoms with E-state index in [-0.39, 0.29) is 5.54 Å². The Kier molecular flexibility index (Phi) is 3.83. The van der Waals surface area contributed by atoms with Gasteiger partial charge in [-0.1, -0.05) is 38.8 Å². The number of aromatic nitrogens is 1. The molecular formula is C17H24N2S. The highest BCUT2D eigenvalue weighted by Gasteiger charge is 2.34. The molecule has 0 saturated heterocycles. The summed E-state index contributed by atoms with van der Waals surface area (Å²) in [6.07, 6.45) is 5.85. The van der Waals surface area contributed by atoms with Gasteiger partial charge >= 0.3 is 0 Å². The molecule has 1 aromatic heterocycles. The van der Waals surface area contributed by atoms with Crippen molar-refractivity contribution in [3.8, 4) is 0 Å². The lowest BCUT2D eigenvalue weighted by Crippen LogP contribution is -2.47. The number of hydrogen-bond donors (Lipinski definition) is 1. The van der Waals surface area contributed by atoms with Gasteiger partial charge in [0.1, 0.15) is 0 Å². The number of nitrogens with two attached hydrogens (primary N) is 1. The van der Waals surface area contributed by atoms with Gasteiger partial charge in [-0.25, -0.2) is 4.98 Å². The first kappa shape index (κ1) is 14.0. The third-order valence-electron chi connectivity index (χ3n) is 4.70. The van der Waals surface area contributed by atoms with Crippen molar-refractivity contribution in [1.29, 1.82) is 0 Å². The number of rotatable bonds is 3. The Balaban J connectivity index is 1.78. The minimum absolute atomic E-state index is 0.0406. The molecule has 1 heterocycles. The third-order valence-corrected chi connectivity index (χ3v) is 5.74. The molecule has 1 aliphatic rings. The maximum atomic E-state index is 6.71. The van der Waals surface area contributed by atoms with Gasteiger partial charge in [0, 0.05) is 12.0 Å².